The molecule has 6 nitrogen and oxygen atoms in total. The second-order valence-electron chi connectivity index (χ2n) is 4.71. The van der Waals surface area contributed by atoms with Crippen LogP contribution in [0.1, 0.15) is 6.42 Å². The number of carbonyl (C=O) groups excluding carboxylic acids is 1. The molecule has 0 aliphatic carbocycles. The van der Waals surface area contributed by atoms with Crippen molar-refractivity contribution in [2.75, 3.05) is 24.7 Å². The normalized spacial score (nSPS) is 27.2. The number of aromatic nitrogens is 2. The molecule has 0 spiro atoms. The van der Waals surface area contributed by atoms with Gasteiger partial charge in [0, 0.05) is 18.7 Å². The number of amides is 1. The molecule has 0 saturated carbocycles. The molecular formula is C12H11ClN4O2. The molecule has 19 heavy (non-hydrogen) atoms. The minimum atomic E-state index is -0.977. The maximum absolute atomic E-state index is 12.5. The summed E-state index contributed by atoms with van der Waals surface area (Å²) >= 11 is 5.73. The molecule has 0 aromatic carbocycles. The third kappa shape index (κ3) is 1.78. The van der Waals surface area contributed by atoms with Crippen molar-refractivity contribution in [3.63, 3.8) is 0 Å². The molecule has 3 rings (SSSR count). The zero-order valence-corrected chi connectivity index (χ0v) is 10.8. The summed E-state index contributed by atoms with van der Waals surface area (Å²) in [7, 11) is 0. The molecule has 1 unspecified atom stereocenters. The summed E-state index contributed by atoms with van der Waals surface area (Å²) in [5.74, 6) is 0.216. The van der Waals surface area contributed by atoms with Crippen LogP contribution in [-0.4, -0.2) is 35.6 Å². The van der Waals surface area contributed by atoms with E-state index in [0.29, 0.717) is 32.0 Å². The Labute approximate surface area is 115 Å². The molecule has 0 N–H and O–H groups in total. The quantitative estimate of drug-likeness (QED) is 0.755. The average Bonchev–Trinajstić information content (AvgIpc) is 2.66. The first-order valence-corrected chi connectivity index (χ1v) is 6.35. The number of hydrogen-bond donors (Lipinski definition) is 0. The fourth-order valence-corrected chi connectivity index (χ4v) is 2.67. The van der Waals surface area contributed by atoms with Crippen molar-refractivity contribution in [1.82, 2.24) is 9.97 Å². The number of rotatable bonds is 2. The van der Waals surface area contributed by atoms with Gasteiger partial charge in [0.1, 0.15) is 11.2 Å². The highest BCUT2D eigenvalue weighted by molar-refractivity contribution is 6.28. The van der Waals surface area contributed by atoms with Crippen LogP contribution in [0.4, 0.5) is 5.82 Å². The van der Waals surface area contributed by atoms with Crippen LogP contribution >= 0.6 is 11.6 Å². The van der Waals surface area contributed by atoms with Crippen molar-refractivity contribution in [1.29, 1.82) is 5.26 Å². The SMILES string of the molecule is N#CC1(C2COC2)CCN(c2ccnc(Cl)n2)C1=O. The Hall–Kier alpha value is -1.71. The number of carbonyl (C=O) groups is 1. The third-order valence-electron chi connectivity index (χ3n) is 3.78. The van der Waals surface area contributed by atoms with Gasteiger partial charge in [0.15, 0.2) is 0 Å². The van der Waals surface area contributed by atoms with E-state index in [1.54, 1.807) is 6.07 Å². The molecule has 2 fully saturated rings. The van der Waals surface area contributed by atoms with Gasteiger partial charge in [-0.25, -0.2) is 9.97 Å². The monoisotopic (exact) mass is 278 g/mol. The molecule has 1 aromatic rings. The summed E-state index contributed by atoms with van der Waals surface area (Å²) in [6, 6.07) is 3.82. The average molecular weight is 279 g/mol. The topological polar surface area (TPSA) is 79.1 Å². The van der Waals surface area contributed by atoms with E-state index in [1.807, 2.05) is 0 Å². The highest BCUT2D eigenvalue weighted by atomic mass is 35.5. The Kier molecular flexibility index (Phi) is 2.88. The van der Waals surface area contributed by atoms with Crippen LogP contribution in [-0.2, 0) is 9.53 Å². The molecule has 98 valence electrons. The van der Waals surface area contributed by atoms with Crippen molar-refractivity contribution in [2.24, 2.45) is 11.3 Å². The van der Waals surface area contributed by atoms with Crippen molar-refractivity contribution in [3.05, 3.63) is 17.5 Å². The smallest absolute Gasteiger partial charge is 0.249 e. The lowest BCUT2D eigenvalue weighted by atomic mass is 9.74. The summed E-state index contributed by atoms with van der Waals surface area (Å²) in [6.07, 6.45) is 1.99. The first-order chi connectivity index (χ1) is 9.17. The number of ether oxygens (including phenoxy) is 1. The Balaban J connectivity index is 1.91. The van der Waals surface area contributed by atoms with E-state index in [9.17, 15) is 10.1 Å². The maximum Gasteiger partial charge on any atom is 0.249 e. The molecule has 2 aliphatic heterocycles. The fourth-order valence-electron chi connectivity index (χ4n) is 2.53. The second kappa shape index (κ2) is 4.44. The van der Waals surface area contributed by atoms with E-state index in [2.05, 4.69) is 16.0 Å². The van der Waals surface area contributed by atoms with Crippen molar-refractivity contribution >= 4 is 23.3 Å². The molecule has 2 saturated heterocycles. The molecular weight excluding hydrogens is 268 g/mol. The molecule has 1 amide bonds. The van der Waals surface area contributed by atoms with E-state index in [0.717, 1.165) is 0 Å². The highest BCUT2D eigenvalue weighted by Gasteiger charge is 2.55. The van der Waals surface area contributed by atoms with Crippen molar-refractivity contribution < 1.29 is 9.53 Å². The van der Waals surface area contributed by atoms with Gasteiger partial charge in [-0.1, -0.05) is 0 Å². The highest BCUT2D eigenvalue weighted by Crippen LogP contribution is 2.43. The van der Waals surface area contributed by atoms with Gasteiger partial charge in [0.25, 0.3) is 0 Å². The standard InChI is InChI=1S/C12H11ClN4O2/c13-11-15-3-1-9(16-11)17-4-2-12(7-14,10(17)18)8-5-19-6-8/h1,3,8H,2,4-6H2. The number of nitrogens with zero attached hydrogens (tertiary/aromatic N) is 4. The molecule has 0 bridgehead atoms. The van der Waals surface area contributed by atoms with Crippen LogP contribution in [0.5, 0.6) is 0 Å². The van der Waals surface area contributed by atoms with E-state index in [4.69, 9.17) is 16.3 Å². The van der Waals surface area contributed by atoms with Gasteiger partial charge in [-0.2, -0.15) is 5.26 Å². The molecule has 3 heterocycles. The van der Waals surface area contributed by atoms with Gasteiger partial charge in [0.05, 0.1) is 19.3 Å². The van der Waals surface area contributed by atoms with Crippen LogP contribution < -0.4 is 4.90 Å². The predicted octanol–water partition coefficient (Wildman–Crippen LogP) is 1.02. The van der Waals surface area contributed by atoms with Gasteiger partial charge in [-0.3, -0.25) is 9.69 Å². The largest absolute Gasteiger partial charge is 0.381 e. The lowest BCUT2D eigenvalue weighted by Gasteiger charge is -2.35. The number of hydrogen-bond acceptors (Lipinski definition) is 5. The first kappa shape index (κ1) is 12.3. The van der Waals surface area contributed by atoms with Gasteiger partial charge in [-0.05, 0) is 24.1 Å². The Bertz CT molecular complexity index is 569. The Morgan fingerprint density at radius 1 is 1.58 bits per heavy atom. The summed E-state index contributed by atoms with van der Waals surface area (Å²) in [6.45, 7) is 1.41. The molecule has 7 heteroatoms. The molecule has 2 aliphatic rings. The fraction of sp³-hybridized carbons (Fsp3) is 0.500. The lowest BCUT2D eigenvalue weighted by molar-refractivity contribution is -0.136. The summed E-state index contributed by atoms with van der Waals surface area (Å²) in [5.41, 5.74) is -0.977. The van der Waals surface area contributed by atoms with Crippen molar-refractivity contribution in [3.8, 4) is 6.07 Å². The molecule has 1 aromatic heterocycles. The Morgan fingerprint density at radius 3 is 2.95 bits per heavy atom. The van der Waals surface area contributed by atoms with Gasteiger partial charge < -0.3 is 4.74 Å². The van der Waals surface area contributed by atoms with Gasteiger partial charge in [0.2, 0.25) is 11.2 Å². The van der Waals surface area contributed by atoms with Crippen LogP contribution in [0.3, 0.4) is 0 Å². The summed E-state index contributed by atoms with van der Waals surface area (Å²) < 4.78 is 5.11. The molecule has 0 radical (unpaired) electrons. The maximum atomic E-state index is 12.5. The van der Waals surface area contributed by atoms with E-state index < -0.39 is 5.41 Å². The van der Waals surface area contributed by atoms with E-state index in [-0.39, 0.29) is 17.1 Å². The zero-order chi connectivity index (χ0) is 13.5. The van der Waals surface area contributed by atoms with E-state index >= 15 is 0 Å². The van der Waals surface area contributed by atoms with Crippen molar-refractivity contribution in [2.45, 2.75) is 6.42 Å². The second-order valence-corrected chi connectivity index (χ2v) is 5.05. The predicted molar refractivity (Wildman–Crippen MR) is 66.4 cm³/mol. The van der Waals surface area contributed by atoms with Crippen LogP contribution in [0.15, 0.2) is 12.3 Å². The van der Waals surface area contributed by atoms with Crippen LogP contribution in [0.2, 0.25) is 5.28 Å². The van der Waals surface area contributed by atoms with Gasteiger partial charge in [-0.15, -0.1) is 0 Å². The number of halogens is 1. The zero-order valence-electron chi connectivity index (χ0n) is 10.0. The lowest BCUT2D eigenvalue weighted by Crippen LogP contribution is -2.47. The Morgan fingerprint density at radius 2 is 2.37 bits per heavy atom. The first-order valence-electron chi connectivity index (χ1n) is 5.97. The molecule has 1 atom stereocenters. The number of nitriles is 1. The summed E-state index contributed by atoms with van der Waals surface area (Å²) in [5, 5.41) is 9.52. The van der Waals surface area contributed by atoms with Crippen LogP contribution in [0, 0.1) is 22.7 Å². The van der Waals surface area contributed by atoms with Crippen LogP contribution in [0.25, 0.3) is 0 Å². The minimum Gasteiger partial charge on any atom is -0.381 e. The van der Waals surface area contributed by atoms with E-state index in [1.165, 1.54) is 11.1 Å². The third-order valence-corrected chi connectivity index (χ3v) is 3.96. The minimum absolute atomic E-state index is 0.0210. The summed E-state index contributed by atoms with van der Waals surface area (Å²) in [4.78, 5) is 21.9. The van der Waals surface area contributed by atoms with Gasteiger partial charge >= 0.3 is 0 Å². The number of anilines is 1.